The van der Waals surface area contributed by atoms with Gasteiger partial charge in [-0.1, -0.05) is 27.7 Å². The molecule has 0 aliphatic carbocycles. The molecule has 0 spiro atoms. The standard InChI is InChI=1S/C12H20N2O4/c1-7(5-12(2,3)4)9(10(16)17)14-6-8(15)13-11(14)18/h7,9H,5-6H2,1-4H3,(H,16,17)(H,13,15,18)/t7?,9-/m0/s1. The lowest BCUT2D eigenvalue weighted by atomic mass is 9.82. The number of nitrogens with one attached hydrogen (secondary N) is 1. The number of hydrogen-bond acceptors (Lipinski definition) is 3. The molecular formula is C12H20N2O4. The summed E-state index contributed by atoms with van der Waals surface area (Å²) in [4.78, 5) is 35.1. The number of nitrogens with zero attached hydrogens (tertiary/aromatic N) is 1. The molecule has 1 aliphatic heterocycles. The number of carboxylic acid groups (broad SMARTS) is 1. The van der Waals surface area contributed by atoms with Gasteiger partial charge < -0.3 is 10.0 Å². The summed E-state index contributed by atoms with van der Waals surface area (Å²) in [6.07, 6.45) is 0.655. The van der Waals surface area contributed by atoms with E-state index in [4.69, 9.17) is 0 Å². The van der Waals surface area contributed by atoms with Gasteiger partial charge in [-0.3, -0.25) is 10.1 Å². The van der Waals surface area contributed by atoms with Crippen LogP contribution in [0.4, 0.5) is 4.79 Å². The molecular weight excluding hydrogens is 236 g/mol. The molecule has 2 N–H and O–H groups in total. The molecule has 0 radical (unpaired) electrons. The highest BCUT2D eigenvalue weighted by Gasteiger charge is 2.40. The maximum Gasteiger partial charge on any atom is 0.326 e. The van der Waals surface area contributed by atoms with E-state index >= 15 is 0 Å². The van der Waals surface area contributed by atoms with Crippen molar-refractivity contribution in [3.05, 3.63) is 0 Å². The molecule has 1 unspecified atom stereocenters. The van der Waals surface area contributed by atoms with Crippen LogP contribution in [0.25, 0.3) is 0 Å². The number of aliphatic carboxylic acids is 1. The van der Waals surface area contributed by atoms with Crippen LogP contribution < -0.4 is 5.32 Å². The van der Waals surface area contributed by atoms with Crippen LogP contribution in [0.1, 0.15) is 34.1 Å². The molecule has 1 saturated heterocycles. The summed E-state index contributed by atoms with van der Waals surface area (Å²) in [5, 5.41) is 11.4. The van der Waals surface area contributed by atoms with E-state index in [1.165, 1.54) is 0 Å². The Morgan fingerprint density at radius 3 is 2.33 bits per heavy atom. The monoisotopic (exact) mass is 256 g/mol. The van der Waals surface area contributed by atoms with Gasteiger partial charge in [-0.15, -0.1) is 0 Å². The minimum absolute atomic E-state index is 0.0344. The van der Waals surface area contributed by atoms with Crippen LogP contribution >= 0.6 is 0 Å². The third-order valence-electron chi connectivity index (χ3n) is 2.88. The summed E-state index contributed by atoms with van der Waals surface area (Å²) in [5.41, 5.74) is -0.0344. The Balaban J connectivity index is 2.86. The number of carboxylic acids is 1. The normalized spacial score (nSPS) is 19.7. The molecule has 102 valence electrons. The highest BCUT2D eigenvalue weighted by Crippen LogP contribution is 2.28. The summed E-state index contributed by atoms with van der Waals surface area (Å²) in [5.74, 6) is -1.75. The average molecular weight is 256 g/mol. The lowest BCUT2D eigenvalue weighted by molar-refractivity contribution is -0.144. The van der Waals surface area contributed by atoms with Crippen LogP contribution in [0.3, 0.4) is 0 Å². The van der Waals surface area contributed by atoms with Crippen LogP contribution in [-0.2, 0) is 9.59 Å². The zero-order valence-corrected chi connectivity index (χ0v) is 11.2. The number of urea groups is 1. The molecule has 18 heavy (non-hydrogen) atoms. The molecule has 0 aromatic heterocycles. The van der Waals surface area contributed by atoms with Crippen molar-refractivity contribution in [1.82, 2.24) is 10.2 Å². The van der Waals surface area contributed by atoms with Gasteiger partial charge in [0.15, 0.2) is 0 Å². The van der Waals surface area contributed by atoms with Crippen molar-refractivity contribution in [3.63, 3.8) is 0 Å². The predicted molar refractivity (Wildman–Crippen MR) is 64.9 cm³/mol. The first-order chi connectivity index (χ1) is 8.11. The Morgan fingerprint density at radius 1 is 1.44 bits per heavy atom. The molecule has 3 amide bonds. The van der Waals surface area contributed by atoms with E-state index in [2.05, 4.69) is 5.32 Å². The largest absolute Gasteiger partial charge is 0.480 e. The second-order valence-corrected chi connectivity index (χ2v) is 6.01. The number of hydrogen-bond donors (Lipinski definition) is 2. The molecule has 0 aromatic rings. The van der Waals surface area contributed by atoms with Gasteiger partial charge in [0.1, 0.15) is 12.6 Å². The zero-order chi connectivity index (χ0) is 14.1. The number of amides is 3. The molecule has 1 heterocycles. The van der Waals surface area contributed by atoms with Gasteiger partial charge in [-0.05, 0) is 17.8 Å². The quantitative estimate of drug-likeness (QED) is 0.736. The summed E-state index contributed by atoms with van der Waals surface area (Å²) in [6.45, 7) is 7.65. The maximum absolute atomic E-state index is 11.5. The summed E-state index contributed by atoms with van der Waals surface area (Å²) < 4.78 is 0. The maximum atomic E-state index is 11.5. The van der Waals surface area contributed by atoms with Gasteiger partial charge >= 0.3 is 12.0 Å². The van der Waals surface area contributed by atoms with Crippen molar-refractivity contribution in [2.24, 2.45) is 11.3 Å². The Labute approximate surface area is 106 Å². The Morgan fingerprint density at radius 2 is 2.00 bits per heavy atom. The van der Waals surface area contributed by atoms with E-state index < -0.39 is 23.9 Å². The van der Waals surface area contributed by atoms with Gasteiger partial charge in [-0.2, -0.15) is 0 Å². The van der Waals surface area contributed by atoms with E-state index in [1.54, 1.807) is 6.92 Å². The van der Waals surface area contributed by atoms with Crippen molar-refractivity contribution >= 4 is 17.9 Å². The predicted octanol–water partition coefficient (Wildman–Crippen LogP) is 1.06. The number of carbonyl (C=O) groups excluding carboxylic acids is 2. The summed E-state index contributed by atoms with van der Waals surface area (Å²) in [6, 6.07) is -1.58. The van der Waals surface area contributed by atoms with E-state index in [-0.39, 0.29) is 17.9 Å². The fourth-order valence-electron chi connectivity index (χ4n) is 2.44. The first kappa shape index (κ1) is 14.5. The van der Waals surface area contributed by atoms with Crippen molar-refractivity contribution < 1.29 is 19.5 Å². The molecule has 0 bridgehead atoms. The summed E-state index contributed by atoms with van der Waals surface area (Å²) in [7, 11) is 0. The molecule has 0 saturated carbocycles. The lowest BCUT2D eigenvalue weighted by Gasteiger charge is -2.31. The Kier molecular flexibility index (Phi) is 3.98. The summed E-state index contributed by atoms with van der Waals surface area (Å²) >= 11 is 0. The second-order valence-electron chi connectivity index (χ2n) is 6.01. The minimum atomic E-state index is -1.07. The smallest absolute Gasteiger partial charge is 0.326 e. The molecule has 6 nitrogen and oxygen atoms in total. The van der Waals surface area contributed by atoms with Crippen LogP contribution in [0, 0.1) is 11.3 Å². The molecule has 1 rings (SSSR count). The third-order valence-corrected chi connectivity index (χ3v) is 2.88. The second kappa shape index (κ2) is 4.96. The lowest BCUT2D eigenvalue weighted by Crippen LogP contribution is -2.47. The van der Waals surface area contributed by atoms with Crippen LogP contribution in [0.2, 0.25) is 0 Å². The van der Waals surface area contributed by atoms with Crippen molar-refractivity contribution in [1.29, 1.82) is 0 Å². The van der Waals surface area contributed by atoms with E-state index in [1.807, 2.05) is 20.8 Å². The van der Waals surface area contributed by atoms with Gasteiger partial charge in [0.05, 0.1) is 0 Å². The van der Waals surface area contributed by atoms with Crippen LogP contribution in [0.5, 0.6) is 0 Å². The van der Waals surface area contributed by atoms with Crippen molar-refractivity contribution in [3.8, 4) is 0 Å². The number of carbonyl (C=O) groups is 3. The fourth-order valence-corrected chi connectivity index (χ4v) is 2.44. The highest BCUT2D eigenvalue weighted by atomic mass is 16.4. The third kappa shape index (κ3) is 3.45. The Bertz CT molecular complexity index is 373. The molecule has 0 aromatic carbocycles. The number of imide groups is 1. The van der Waals surface area contributed by atoms with E-state index in [9.17, 15) is 19.5 Å². The SMILES string of the molecule is CC(CC(C)(C)C)[C@@H](C(=O)O)N1CC(=O)NC1=O. The first-order valence-electron chi connectivity index (χ1n) is 5.95. The minimum Gasteiger partial charge on any atom is -0.480 e. The van der Waals surface area contributed by atoms with Gasteiger partial charge in [0.25, 0.3) is 0 Å². The molecule has 6 heteroatoms. The van der Waals surface area contributed by atoms with Crippen molar-refractivity contribution in [2.75, 3.05) is 6.54 Å². The van der Waals surface area contributed by atoms with Crippen LogP contribution in [-0.4, -0.2) is 40.5 Å². The van der Waals surface area contributed by atoms with Gasteiger partial charge in [0.2, 0.25) is 5.91 Å². The van der Waals surface area contributed by atoms with E-state index in [0.717, 1.165) is 4.90 Å². The van der Waals surface area contributed by atoms with Crippen LogP contribution in [0.15, 0.2) is 0 Å². The highest BCUT2D eigenvalue weighted by molar-refractivity contribution is 6.03. The molecule has 1 fully saturated rings. The molecule has 2 atom stereocenters. The number of rotatable bonds is 4. The van der Waals surface area contributed by atoms with Gasteiger partial charge in [-0.25, -0.2) is 9.59 Å². The van der Waals surface area contributed by atoms with Gasteiger partial charge in [0, 0.05) is 0 Å². The Hall–Kier alpha value is -1.59. The first-order valence-corrected chi connectivity index (χ1v) is 5.95. The molecule has 1 aliphatic rings. The fraction of sp³-hybridized carbons (Fsp3) is 0.750. The topological polar surface area (TPSA) is 86.7 Å². The van der Waals surface area contributed by atoms with Crippen molar-refractivity contribution in [2.45, 2.75) is 40.2 Å². The van der Waals surface area contributed by atoms with E-state index in [0.29, 0.717) is 6.42 Å². The average Bonchev–Trinajstić information content (AvgIpc) is 2.41. The zero-order valence-electron chi connectivity index (χ0n) is 11.2.